The smallest absolute Gasteiger partial charge is 0.282 e. The third-order valence-corrected chi connectivity index (χ3v) is 3.67. The molecule has 0 spiro atoms. The lowest BCUT2D eigenvalue weighted by Gasteiger charge is -2.13. The van der Waals surface area contributed by atoms with Crippen LogP contribution in [0, 0.1) is 5.92 Å². The van der Waals surface area contributed by atoms with Crippen molar-refractivity contribution in [3.8, 4) is 0 Å². The van der Waals surface area contributed by atoms with E-state index in [9.17, 15) is 4.79 Å². The number of rotatable bonds is 3. The molecule has 88 valence electrons. The van der Waals surface area contributed by atoms with Gasteiger partial charge in [-0.3, -0.25) is 4.79 Å². The van der Waals surface area contributed by atoms with Crippen LogP contribution >= 0.6 is 22.9 Å². The summed E-state index contributed by atoms with van der Waals surface area (Å²) in [4.78, 5) is 11.6. The molecule has 1 N–H and O–H groups in total. The van der Waals surface area contributed by atoms with Crippen molar-refractivity contribution in [2.45, 2.75) is 19.4 Å². The Balaban J connectivity index is 1.84. The van der Waals surface area contributed by atoms with Gasteiger partial charge < -0.3 is 10.1 Å². The fourth-order valence-corrected chi connectivity index (χ4v) is 2.39. The molecular weight excluding hydrogens is 250 g/mol. The van der Waals surface area contributed by atoms with E-state index in [4.69, 9.17) is 16.3 Å². The topological polar surface area (TPSA) is 64.1 Å². The van der Waals surface area contributed by atoms with Crippen LogP contribution in [0.1, 0.15) is 23.1 Å². The lowest BCUT2D eigenvalue weighted by Crippen LogP contribution is -2.31. The van der Waals surface area contributed by atoms with Crippen LogP contribution in [0.25, 0.3) is 0 Å². The van der Waals surface area contributed by atoms with Crippen LogP contribution < -0.4 is 5.32 Å². The minimum Gasteiger partial charge on any atom is -0.378 e. The molecule has 0 saturated carbocycles. The molecule has 0 aromatic carbocycles. The molecule has 5 nitrogen and oxygen atoms in total. The van der Waals surface area contributed by atoms with E-state index in [1.54, 1.807) is 0 Å². The van der Waals surface area contributed by atoms with Crippen LogP contribution in [-0.4, -0.2) is 35.4 Å². The highest BCUT2D eigenvalue weighted by Gasteiger charge is 2.25. The van der Waals surface area contributed by atoms with Gasteiger partial charge in [0.1, 0.15) is 0 Å². The zero-order valence-electron chi connectivity index (χ0n) is 8.77. The van der Waals surface area contributed by atoms with E-state index in [1.165, 1.54) is 0 Å². The molecule has 2 atom stereocenters. The van der Waals surface area contributed by atoms with Crippen molar-refractivity contribution in [3.05, 3.63) is 9.47 Å². The Morgan fingerprint density at radius 1 is 1.69 bits per heavy atom. The Hall–Kier alpha value is -0.720. The Morgan fingerprint density at radius 3 is 3.06 bits per heavy atom. The van der Waals surface area contributed by atoms with Crippen LogP contribution in [0.3, 0.4) is 0 Å². The summed E-state index contributed by atoms with van der Waals surface area (Å²) in [6, 6.07) is 0. The first-order valence-corrected chi connectivity index (χ1v) is 6.25. The number of carbonyl (C=O) groups is 1. The lowest BCUT2D eigenvalue weighted by molar-refractivity contribution is 0.0906. The zero-order valence-corrected chi connectivity index (χ0v) is 10.3. The van der Waals surface area contributed by atoms with Crippen LogP contribution in [0.2, 0.25) is 4.47 Å². The summed E-state index contributed by atoms with van der Waals surface area (Å²) in [5.74, 6) is 0.163. The van der Waals surface area contributed by atoms with Crippen molar-refractivity contribution in [1.82, 2.24) is 15.5 Å². The van der Waals surface area contributed by atoms with E-state index >= 15 is 0 Å². The number of nitrogens with one attached hydrogen (secondary N) is 1. The van der Waals surface area contributed by atoms with Gasteiger partial charge in [-0.15, -0.1) is 10.2 Å². The average Bonchev–Trinajstić information content (AvgIpc) is 2.84. The highest BCUT2D eigenvalue weighted by Crippen LogP contribution is 2.20. The lowest BCUT2D eigenvalue weighted by atomic mass is 10.0. The summed E-state index contributed by atoms with van der Waals surface area (Å²) in [5.41, 5.74) is 0. The summed E-state index contributed by atoms with van der Waals surface area (Å²) in [6.07, 6.45) is 1.19. The Kier molecular flexibility index (Phi) is 3.73. The van der Waals surface area contributed by atoms with Crippen molar-refractivity contribution in [2.24, 2.45) is 5.92 Å². The van der Waals surface area contributed by atoms with Crippen LogP contribution in [0.15, 0.2) is 0 Å². The molecule has 0 bridgehead atoms. The molecule has 1 fully saturated rings. The van der Waals surface area contributed by atoms with Gasteiger partial charge in [-0.05, 0) is 24.9 Å². The Labute approximate surface area is 102 Å². The highest BCUT2D eigenvalue weighted by atomic mass is 35.5. The largest absolute Gasteiger partial charge is 0.378 e. The maximum atomic E-state index is 11.6. The molecule has 1 aromatic heterocycles. The molecule has 7 heteroatoms. The summed E-state index contributed by atoms with van der Waals surface area (Å²) in [6.45, 7) is 3.40. The zero-order chi connectivity index (χ0) is 11.5. The molecule has 1 saturated heterocycles. The maximum Gasteiger partial charge on any atom is 0.282 e. The molecule has 1 amide bonds. The number of hydrogen-bond acceptors (Lipinski definition) is 5. The molecule has 0 aliphatic carbocycles. The monoisotopic (exact) mass is 261 g/mol. The van der Waals surface area contributed by atoms with Gasteiger partial charge in [0.15, 0.2) is 0 Å². The number of halogens is 1. The molecule has 2 heterocycles. The van der Waals surface area contributed by atoms with Gasteiger partial charge in [-0.1, -0.05) is 11.3 Å². The van der Waals surface area contributed by atoms with Gasteiger partial charge in [0, 0.05) is 19.1 Å². The van der Waals surface area contributed by atoms with Gasteiger partial charge in [0.05, 0.1) is 6.10 Å². The molecule has 0 radical (unpaired) electrons. The molecular formula is C9H12ClN3O2S. The molecule has 1 aliphatic rings. The normalized spacial score (nSPS) is 24.6. The van der Waals surface area contributed by atoms with E-state index in [0.717, 1.165) is 24.4 Å². The fraction of sp³-hybridized carbons (Fsp3) is 0.667. The third kappa shape index (κ3) is 2.69. The number of ether oxygens (including phenoxy) is 1. The van der Waals surface area contributed by atoms with Crippen molar-refractivity contribution in [3.63, 3.8) is 0 Å². The van der Waals surface area contributed by atoms with E-state index in [2.05, 4.69) is 15.5 Å². The van der Waals surface area contributed by atoms with Crippen LogP contribution in [0.5, 0.6) is 0 Å². The van der Waals surface area contributed by atoms with E-state index in [1.807, 2.05) is 6.92 Å². The Morgan fingerprint density at radius 2 is 2.50 bits per heavy atom. The molecule has 2 unspecified atom stereocenters. The first-order valence-electron chi connectivity index (χ1n) is 5.05. The number of nitrogens with zero attached hydrogens (tertiary/aromatic N) is 2. The van der Waals surface area contributed by atoms with Gasteiger partial charge in [-0.2, -0.15) is 0 Å². The van der Waals surface area contributed by atoms with Crippen molar-refractivity contribution in [2.75, 3.05) is 13.2 Å². The minimum atomic E-state index is -0.219. The SMILES string of the molecule is CC1OCCC1CNC(=O)c1nnc(Cl)s1. The Bertz CT molecular complexity index is 385. The average molecular weight is 262 g/mol. The van der Waals surface area contributed by atoms with Gasteiger partial charge in [0.25, 0.3) is 5.91 Å². The molecule has 16 heavy (non-hydrogen) atoms. The third-order valence-electron chi connectivity index (χ3n) is 2.65. The summed E-state index contributed by atoms with van der Waals surface area (Å²) >= 11 is 6.68. The minimum absolute atomic E-state index is 0.207. The predicted molar refractivity (Wildman–Crippen MR) is 60.8 cm³/mol. The molecule has 1 aliphatic heterocycles. The predicted octanol–water partition coefficient (Wildman–Crippen LogP) is 1.35. The van der Waals surface area contributed by atoms with Gasteiger partial charge >= 0.3 is 0 Å². The maximum absolute atomic E-state index is 11.6. The van der Waals surface area contributed by atoms with Crippen molar-refractivity contribution >= 4 is 28.8 Å². The first-order chi connectivity index (χ1) is 7.66. The second kappa shape index (κ2) is 5.07. The highest BCUT2D eigenvalue weighted by molar-refractivity contribution is 7.17. The summed E-state index contributed by atoms with van der Waals surface area (Å²) in [5, 5.41) is 10.4. The van der Waals surface area contributed by atoms with E-state index < -0.39 is 0 Å². The number of carbonyl (C=O) groups excluding carboxylic acids is 1. The van der Waals surface area contributed by atoms with Crippen molar-refractivity contribution < 1.29 is 9.53 Å². The number of amides is 1. The van der Waals surface area contributed by atoms with Gasteiger partial charge in [-0.25, -0.2) is 0 Å². The second-order valence-corrected chi connectivity index (χ2v) is 5.25. The van der Waals surface area contributed by atoms with Gasteiger partial charge in [0.2, 0.25) is 9.47 Å². The van der Waals surface area contributed by atoms with Crippen molar-refractivity contribution in [1.29, 1.82) is 0 Å². The first kappa shape index (κ1) is 11.8. The molecule has 2 rings (SSSR count). The van der Waals surface area contributed by atoms with E-state index in [-0.39, 0.29) is 16.5 Å². The second-order valence-electron chi connectivity index (χ2n) is 3.69. The standard InChI is InChI=1S/C9H12ClN3O2S/c1-5-6(2-3-15-5)4-11-7(14)8-12-13-9(10)16-8/h5-6H,2-4H2,1H3,(H,11,14). The van der Waals surface area contributed by atoms with Crippen LogP contribution in [0.4, 0.5) is 0 Å². The number of hydrogen-bond donors (Lipinski definition) is 1. The molecule has 1 aromatic rings. The quantitative estimate of drug-likeness (QED) is 0.892. The summed E-state index contributed by atoms with van der Waals surface area (Å²) < 4.78 is 5.69. The van der Waals surface area contributed by atoms with Crippen LogP contribution in [-0.2, 0) is 4.74 Å². The summed E-state index contributed by atoms with van der Waals surface area (Å²) in [7, 11) is 0. The van der Waals surface area contributed by atoms with E-state index in [0.29, 0.717) is 17.5 Å². The number of aromatic nitrogens is 2. The fourth-order valence-electron chi connectivity index (χ4n) is 1.64.